The van der Waals surface area contributed by atoms with Gasteiger partial charge >= 0.3 is 0 Å². The second-order valence-electron chi connectivity index (χ2n) is 6.08. The molecule has 1 aromatic heterocycles. The van der Waals surface area contributed by atoms with Crippen molar-refractivity contribution in [2.45, 2.75) is 27.2 Å². The molecule has 7 heteroatoms. The van der Waals surface area contributed by atoms with E-state index in [0.717, 1.165) is 22.4 Å². The van der Waals surface area contributed by atoms with Crippen molar-refractivity contribution in [3.05, 3.63) is 53.0 Å². The molecule has 0 aliphatic carbocycles. The Hall–Kier alpha value is -3.09. The second kappa shape index (κ2) is 8.84. The fourth-order valence-electron chi connectivity index (χ4n) is 2.61. The number of carbonyl (C=O) groups is 3. The van der Waals surface area contributed by atoms with Gasteiger partial charge in [-0.05, 0) is 44.0 Å². The zero-order valence-corrected chi connectivity index (χ0v) is 15.1. The van der Waals surface area contributed by atoms with Gasteiger partial charge in [-0.1, -0.05) is 17.7 Å². The summed E-state index contributed by atoms with van der Waals surface area (Å²) in [7, 11) is 0. The van der Waals surface area contributed by atoms with Crippen molar-refractivity contribution in [2.24, 2.45) is 0 Å². The van der Waals surface area contributed by atoms with Gasteiger partial charge in [-0.15, -0.1) is 0 Å². The molecule has 7 nitrogen and oxygen atoms in total. The van der Waals surface area contributed by atoms with Crippen molar-refractivity contribution in [3.63, 3.8) is 0 Å². The van der Waals surface area contributed by atoms with E-state index in [1.165, 1.54) is 12.3 Å². The minimum Gasteiger partial charge on any atom is -0.459 e. The molecule has 2 aromatic rings. The largest absolute Gasteiger partial charge is 0.459 e. The van der Waals surface area contributed by atoms with Gasteiger partial charge in [0.2, 0.25) is 11.8 Å². The van der Waals surface area contributed by atoms with E-state index in [1.807, 2.05) is 32.9 Å². The molecule has 0 spiro atoms. The summed E-state index contributed by atoms with van der Waals surface area (Å²) in [5.74, 6) is -0.815. The van der Waals surface area contributed by atoms with Gasteiger partial charge in [-0.25, -0.2) is 0 Å². The number of furan rings is 1. The van der Waals surface area contributed by atoms with Crippen LogP contribution in [-0.2, 0) is 9.59 Å². The molecule has 3 amide bonds. The lowest BCUT2D eigenvalue weighted by Crippen LogP contribution is -2.35. The lowest BCUT2D eigenvalue weighted by molar-refractivity contribution is -0.124. The monoisotopic (exact) mass is 357 g/mol. The molecule has 3 N–H and O–H groups in total. The zero-order chi connectivity index (χ0) is 19.1. The fourth-order valence-corrected chi connectivity index (χ4v) is 2.61. The highest BCUT2D eigenvalue weighted by atomic mass is 16.3. The number of nitrogens with one attached hydrogen (secondary N) is 3. The first-order valence-corrected chi connectivity index (χ1v) is 8.33. The Morgan fingerprint density at radius 1 is 1.00 bits per heavy atom. The molecule has 26 heavy (non-hydrogen) atoms. The summed E-state index contributed by atoms with van der Waals surface area (Å²) in [6.07, 6.45) is 1.47. The minimum atomic E-state index is -0.383. The smallest absolute Gasteiger partial charge is 0.286 e. The lowest BCUT2D eigenvalue weighted by atomic mass is 10.1. The number of benzene rings is 1. The summed E-state index contributed by atoms with van der Waals surface area (Å²) in [4.78, 5) is 35.5. The maximum atomic E-state index is 12.0. The van der Waals surface area contributed by atoms with Crippen LogP contribution in [0.1, 0.15) is 33.7 Å². The Kier molecular flexibility index (Phi) is 6.54. The van der Waals surface area contributed by atoms with Crippen molar-refractivity contribution in [3.8, 4) is 0 Å². The summed E-state index contributed by atoms with van der Waals surface area (Å²) in [6, 6.07) is 7.12. The van der Waals surface area contributed by atoms with Crippen molar-refractivity contribution >= 4 is 23.4 Å². The quantitative estimate of drug-likeness (QED) is 0.706. The van der Waals surface area contributed by atoms with Gasteiger partial charge in [0.25, 0.3) is 5.91 Å². The highest BCUT2D eigenvalue weighted by Gasteiger charge is 2.11. The highest BCUT2D eigenvalue weighted by Crippen LogP contribution is 2.21. The SMILES string of the molecule is Cc1cc(C)c(NC(=O)CNC(=O)CCNC(=O)c2ccco2)c(C)c1. The molecule has 138 valence electrons. The Balaban J connectivity index is 1.72. The number of hydrogen-bond acceptors (Lipinski definition) is 4. The van der Waals surface area contributed by atoms with E-state index in [0.29, 0.717) is 0 Å². The van der Waals surface area contributed by atoms with Crippen LogP contribution < -0.4 is 16.0 Å². The van der Waals surface area contributed by atoms with Crippen LogP contribution in [0.5, 0.6) is 0 Å². The topological polar surface area (TPSA) is 100 Å². The average Bonchev–Trinajstić information content (AvgIpc) is 3.11. The maximum Gasteiger partial charge on any atom is 0.286 e. The molecule has 0 atom stereocenters. The summed E-state index contributed by atoms with van der Waals surface area (Å²) >= 11 is 0. The molecule has 0 saturated carbocycles. The maximum absolute atomic E-state index is 12.0. The van der Waals surface area contributed by atoms with Gasteiger partial charge in [0.15, 0.2) is 5.76 Å². The molecular weight excluding hydrogens is 334 g/mol. The standard InChI is InChI=1S/C19H23N3O4/c1-12-9-13(2)18(14(3)10-12)22-17(24)11-21-16(23)6-7-20-19(25)15-5-4-8-26-15/h4-5,8-10H,6-7,11H2,1-3H3,(H,20,25)(H,21,23)(H,22,24). The second-order valence-corrected chi connectivity index (χ2v) is 6.08. The molecule has 0 radical (unpaired) electrons. The summed E-state index contributed by atoms with van der Waals surface area (Å²) in [5, 5.41) is 7.92. The Bertz CT molecular complexity index is 774. The van der Waals surface area contributed by atoms with Crippen molar-refractivity contribution in [2.75, 3.05) is 18.4 Å². The molecule has 0 bridgehead atoms. The Morgan fingerprint density at radius 3 is 2.31 bits per heavy atom. The first-order chi connectivity index (χ1) is 12.4. The van der Waals surface area contributed by atoms with E-state index in [9.17, 15) is 14.4 Å². The minimum absolute atomic E-state index is 0.0717. The van der Waals surface area contributed by atoms with Crippen LogP contribution in [0.3, 0.4) is 0 Å². The summed E-state index contributed by atoms with van der Waals surface area (Å²) in [6.45, 7) is 5.88. The summed E-state index contributed by atoms with van der Waals surface area (Å²) in [5.41, 5.74) is 3.84. The van der Waals surface area contributed by atoms with Crippen LogP contribution in [0.2, 0.25) is 0 Å². The number of rotatable bonds is 7. The number of hydrogen-bond donors (Lipinski definition) is 3. The highest BCUT2D eigenvalue weighted by molar-refractivity contribution is 5.96. The molecule has 1 aromatic carbocycles. The number of anilines is 1. The Labute approximate surface area is 152 Å². The van der Waals surface area contributed by atoms with Crippen molar-refractivity contribution in [1.82, 2.24) is 10.6 Å². The fraction of sp³-hybridized carbons (Fsp3) is 0.316. The molecular formula is C19H23N3O4. The van der Waals surface area contributed by atoms with E-state index in [-0.39, 0.29) is 43.0 Å². The zero-order valence-electron chi connectivity index (χ0n) is 15.1. The van der Waals surface area contributed by atoms with Gasteiger partial charge in [0, 0.05) is 18.7 Å². The third kappa shape index (κ3) is 5.47. The predicted molar refractivity (Wildman–Crippen MR) is 98.0 cm³/mol. The molecule has 0 aliphatic heterocycles. The van der Waals surface area contributed by atoms with Crippen molar-refractivity contribution < 1.29 is 18.8 Å². The number of carbonyl (C=O) groups excluding carboxylic acids is 3. The van der Waals surface area contributed by atoms with Gasteiger partial charge in [-0.2, -0.15) is 0 Å². The van der Waals surface area contributed by atoms with E-state index >= 15 is 0 Å². The molecule has 0 aliphatic rings. The predicted octanol–water partition coefficient (Wildman–Crippen LogP) is 2.08. The van der Waals surface area contributed by atoms with Gasteiger partial charge in [0.05, 0.1) is 12.8 Å². The molecule has 0 unspecified atom stereocenters. The van der Waals surface area contributed by atoms with Gasteiger partial charge in [0.1, 0.15) is 0 Å². The Morgan fingerprint density at radius 2 is 1.69 bits per heavy atom. The van der Waals surface area contributed by atoms with E-state index < -0.39 is 0 Å². The van der Waals surface area contributed by atoms with E-state index in [1.54, 1.807) is 6.07 Å². The number of aryl methyl sites for hydroxylation is 3. The summed E-state index contributed by atoms with van der Waals surface area (Å²) < 4.78 is 4.95. The van der Waals surface area contributed by atoms with Crippen LogP contribution in [0.15, 0.2) is 34.9 Å². The van der Waals surface area contributed by atoms with Crippen LogP contribution >= 0.6 is 0 Å². The van der Waals surface area contributed by atoms with Crippen molar-refractivity contribution in [1.29, 1.82) is 0 Å². The molecule has 1 heterocycles. The van der Waals surface area contributed by atoms with Crippen LogP contribution in [0.4, 0.5) is 5.69 Å². The van der Waals surface area contributed by atoms with Crippen LogP contribution in [0, 0.1) is 20.8 Å². The first kappa shape index (κ1) is 19.2. The average molecular weight is 357 g/mol. The molecule has 0 fully saturated rings. The van der Waals surface area contributed by atoms with E-state index in [4.69, 9.17) is 4.42 Å². The third-order valence-electron chi connectivity index (χ3n) is 3.77. The lowest BCUT2D eigenvalue weighted by Gasteiger charge is -2.13. The van der Waals surface area contributed by atoms with Gasteiger partial charge in [-0.3, -0.25) is 14.4 Å². The van der Waals surface area contributed by atoms with E-state index in [2.05, 4.69) is 16.0 Å². The molecule has 2 rings (SSSR count). The normalized spacial score (nSPS) is 10.3. The number of amides is 3. The first-order valence-electron chi connectivity index (χ1n) is 8.33. The molecule has 0 saturated heterocycles. The van der Waals surface area contributed by atoms with Crippen LogP contribution in [0.25, 0.3) is 0 Å². The van der Waals surface area contributed by atoms with Crippen LogP contribution in [-0.4, -0.2) is 30.8 Å². The van der Waals surface area contributed by atoms with Gasteiger partial charge < -0.3 is 20.4 Å². The third-order valence-corrected chi connectivity index (χ3v) is 3.77.